The average molecular weight is 292 g/mol. The van der Waals surface area contributed by atoms with Gasteiger partial charge in [0, 0.05) is 0 Å². The van der Waals surface area contributed by atoms with E-state index in [2.05, 4.69) is 4.74 Å². The van der Waals surface area contributed by atoms with Crippen molar-refractivity contribution in [1.82, 2.24) is 0 Å². The van der Waals surface area contributed by atoms with Crippen molar-refractivity contribution in [2.24, 2.45) is 0 Å². The second kappa shape index (κ2) is 8.41. The fourth-order valence-corrected chi connectivity index (χ4v) is 1.13. The summed E-state index contributed by atoms with van der Waals surface area (Å²) >= 11 is 0. The first kappa shape index (κ1) is 18.2. The summed E-state index contributed by atoms with van der Waals surface area (Å²) in [5.74, 6) is -4.88. The summed E-state index contributed by atoms with van der Waals surface area (Å²) in [6.45, 7) is 0. The number of rotatable bonds is 5. The summed E-state index contributed by atoms with van der Waals surface area (Å²) < 4.78 is 4.39. The van der Waals surface area contributed by atoms with Crippen molar-refractivity contribution in [2.75, 3.05) is 0 Å². The summed E-state index contributed by atoms with van der Waals surface area (Å²) in [4.78, 5) is 32.5. The van der Waals surface area contributed by atoms with E-state index in [1.807, 2.05) is 0 Å². The van der Waals surface area contributed by atoms with Crippen molar-refractivity contribution in [2.45, 2.75) is 12.2 Å². The van der Waals surface area contributed by atoms with E-state index >= 15 is 0 Å². The molecule has 0 aliphatic rings. The maximum absolute atomic E-state index is 11.5. The van der Waals surface area contributed by atoms with E-state index in [4.69, 9.17) is 10.2 Å². The largest absolute Gasteiger partial charge is 1.00 e. The van der Waals surface area contributed by atoms with Gasteiger partial charge in [-0.1, -0.05) is 18.2 Å². The number of carbonyl (C=O) groups is 3. The zero-order valence-corrected chi connectivity index (χ0v) is 13.1. The molecule has 96 valence electrons. The number of benzene rings is 1. The van der Waals surface area contributed by atoms with Crippen LogP contribution in [0.25, 0.3) is 0 Å². The summed E-state index contributed by atoms with van der Waals surface area (Å²) in [6, 6.07) is 7.35. The van der Waals surface area contributed by atoms with Crippen LogP contribution in [0, 0.1) is 0 Å². The normalized spacial score (nSPS) is 12.7. The Hall–Kier alpha value is -0.774. The molecule has 0 aliphatic carbocycles. The van der Waals surface area contributed by atoms with Gasteiger partial charge in [-0.25, -0.2) is 9.59 Å². The van der Waals surface area contributed by atoms with Crippen LogP contribution in [0.1, 0.15) is 10.4 Å². The van der Waals surface area contributed by atoms with Crippen LogP contribution in [0.15, 0.2) is 30.3 Å². The van der Waals surface area contributed by atoms with Gasteiger partial charge in [0.05, 0.1) is 11.5 Å². The van der Waals surface area contributed by atoms with Crippen molar-refractivity contribution < 1.29 is 85.8 Å². The first-order chi connectivity index (χ1) is 8.43. The third-order valence-electron chi connectivity index (χ3n) is 2.02. The van der Waals surface area contributed by atoms with E-state index < -0.39 is 30.1 Å². The minimum atomic E-state index is -2.39. The maximum Gasteiger partial charge on any atom is 1.00 e. The molecule has 19 heavy (non-hydrogen) atoms. The van der Waals surface area contributed by atoms with E-state index in [0.717, 1.165) is 0 Å². The molecule has 0 heterocycles. The van der Waals surface area contributed by atoms with Gasteiger partial charge in [-0.05, 0) is 12.1 Å². The van der Waals surface area contributed by atoms with Crippen LogP contribution in [0.4, 0.5) is 0 Å². The summed E-state index contributed by atoms with van der Waals surface area (Å²) in [6.07, 6.45) is -4.65. The number of carbonyl (C=O) groups excluding carboxylic acids is 2. The van der Waals surface area contributed by atoms with E-state index in [0.29, 0.717) is 0 Å². The Bertz CT molecular complexity index is 459. The molecule has 1 rings (SSSR count). The molecule has 0 fully saturated rings. The molecule has 0 unspecified atom stereocenters. The van der Waals surface area contributed by atoms with Crippen molar-refractivity contribution in [3.05, 3.63) is 35.9 Å². The molecule has 0 saturated carbocycles. The molecule has 7 nitrogen and oxygen atoms in total. The fourth-order valence-electron chi connectivity index (χ4n) is 1.13. The number of hydrogen-bond acceptors (Lipinski definition) is 6. The zero-order chi connectivity index (χ0) is 13.7. The molecule has 0 amide bonds. The van der Waals surface area contributed by atoms with Crippen molar-refractivity contribution in [3.8, 4) is 0 Å². The van der Waals surface area contributed by atoms with Gasteiger partial charge >= 0.3 is 63.3 Å². The molecule has 1 aromatic carbocycles. The summed E-state index contributed by atoms with van der Waals surface area (Å²) in [5.41, 5.74) is 0.0290. The number of aliphatic hydroxyl groups is 1. The van der Waals surface area contributed by atoms with Crippen molar-refractivity contribution >= 4 is 17.9 Å². The smallest absolute Gasteiger partial charge is 0.546 e. The first-order valence-corrected chi connectivity index (χ1v) is 4.81. The molecular weight excluding hydrogens is 283 g/mol. The monoisotopic (exact) mass is 292 g/mol. The van der Waals surface area contributed by atoms with Crippen LogP contribution in [0.3, 0.4) is 0 Å². The molecule has 2 N–H and O–H groups in total. The quantitative estimate of drug-likeness (QED) is 0.413. The van der Waals surface area contributed by atoms with Gasteiger partial charge in [0.15, 0.2) is 12.2 Å². The minimum Gasteiger partial charge on any atom is -0.546 e. The van der Waals surface area contributed by atoms with Gasteiger partial charge in [-0.3, -0.25) is 0 Å². The van der Waals surface area contributed by atoms with Crippen LogP contribution in [0.5, 0.6) is 0 Å². The Morgan fingerprint density at radius 2 is 1.68 bits per heavy atom. The molecule has 8 heteroatoms. The number of carboxylic acids is 2. The SMILES string of the molecule is O=C(O[C@@H](C(=O)[O-])[C@@H](O)C(=O)O)c1ccccc1.[K+]. The molecule has 0 aliphatic heterocycles. The number of aliphatic carboxylic acids is 2. The predicted octanol–water partition coefficient (Wildman–Crippen LogP) is -4.59. The van der Waals surface area contributed by atoms with Gasteiger partial charge < -0.3 is 24.9 Å². The average Bonchev–Trinajstić information content (AvgIpc) is 2.35. The van der Waals surface area contributed by atoms with E-state index in [1.54, 1.807) is 6.07 Å². The molecule has 0 radical (unpaired) electrons. The number of hydrogen-bond donors (Lipinski definition) is 2. The second-order valence-corrected chi connectivity index (χ2v) is 3.29. The molecule has 1 aromatic rings. The Balaban J connectivity index is 0.00000324. The van der Waals surface area contributed by atoms with Crippen LogP contribution in [0.2, 0.25) is 0 Å². The number of ether oxygens (including phenoxy) is 1. The second-order valence-electron chi connectivity index (χ2n) is 3.29. The molecule has 0 saturated heterocycles. The third-order valence-corrected chi connectivity index (χ3v) is 2.02. The standard InChI is InChI=1S/C11H10O7.K/c12-7(9(13)14)8(10(15)16)18-11(17)6-4-2-1-3-5-6;/h1-5,7-8,12H,(H,13,14)(H,15,16);/q;+1/p-1/t7-,8-;/m1./s1. The molecule has 0 spiro atoms. The predicted molar refractivity (Wildman–Crippen MR) is 54.3 cm³/mol. The van der Waals surface area contributed by atoms with Gasteiger partial charge in [0.25, 0.3) is 0 Å². The van der Waals surface area contributed by atoms with Gasteiger partial charge in [0.1, 0.15) is 0 Å². The maximum atomic E-state index is 11.5. The number of aliphatic hydroxyl groups excluding tert-OH is 1. The van der Waals surface area contributed by atoms with Crippen LogP contribution in [-0.2, 0) is 14.3 Å². The fraction of sp³-hybridized carbons (Fsp3) is 0.182. The Morgan fingerprint density at radius 1 is 1.16 bits per heavy atom. The Morgan fingerprint density at radius 3 is 2.11 bits per heavy atom. The number of esters is 1. The zero-order valence-electron chi connectivity index (χ0n) is 9.98. The molecule has 0 bridgehead atoms. The van der Waals surface area contributed by atoms with Crippen LogP contribution < -0.4 is 56.5 Å². The minimum absolute atomic E-state index is 0. The number of carboxylic acid groups (broad SMARTS) is 2. The molecule has 0 aromatic heterocycles. The first-order valence-electron chi connectivity index (χ1n) is 4.81. The Kier molecular flexibility index (Phi) is 8.07. The molecule has 2 atom stereocenters. The summed E-state index contributed by atoms with van der Waals surface area (Å²) in [7, 11) is 0. The Labute approximate surface area is 150 Å². The van der Waals surface area contributed by atoms with Crippen LogP contribution in [-0.4, -0.2) is 40.3 Å². The van der Waals surface area contributed by atoms with Crippen molar-refractivity contribution in [3.63, 3.8) is 0 Å². The summed E-state index contributed by atoms with van der Waals surface area (Å²) in [5, 5.41) is 28.1. The van der Waals surface area contributed by atoms with Gasteiger partial charge in [-0.15, -0.1) is 0 Å². The van der Waals surface area contributed by atoms with E-state index in [1.165, 1.54) is 24.3 Å². The van der Waals surface area contributed by atoms with Gasteiger partial charge in [0.2, 0.25) is 0 Å². The van der Waals surface area contributed by atoms with Crippen LogP contribution >= 0.6 is 0 Å². The van der Waals surface area contributed by atoms with E-state index in [9.17, 15) is 19.5 Å². The van der Waals surface area contributed by atoms with Gasteiger partial charge in [-0.2, -0.15) is 0 Å². The van der Waals surface area contributed by atoms with Crippen molar-refractivity contribution in [1.29, 1.82) is 0 Å². The topological polar surface area (TPSA) is 124 Å². The molecular formula is C11H9KO7. The van der Waals surface area contributed by atoms with E-state index in [-0.39, 0.29) is 56.9 Å². The third kappa shape index (κ3) is 5.39.